The molecule has 1 heterocycles. The summed E-state index contributed by atoms with van der Waals surface area (Å²) in [7, 11) is 2.74. The number of amides is 1. The third-order valence-corrected chi connectivity index (χ3v) is 4.71. The second-order valence-corrected chi connectivity index (χ2v) is 7.04. The molecule has 1 aromatic heterocycles. The van der Waals surface area contributed by atoms with Crippen LogP contribution in [-0.4, -0.2) is 32.7 Å². The van der Waals surface area contributed by atoms with Crippen molar-refractivity contribution in [3.05, 3.63) is 77.3 Å². The van der Waals surface area contributed by atoms with Crippen LogP contribution in [0.4, 0.5) is 5.69 Å². The molecule has 180 valence electrons. The molecule has 0 aliphatic rings. The number of furan rings is 1. The van der Waals surface area contributed by atoms with E-state index in [1.165, 1.54) is 26.4 Å². The Labute approximate surface area is 202 Å². The van der Waals surface area contributed by atoms with Gasteiger partial charge in [-0.3, -0.25) is 4.79 Å². The van der Waals surface area contributed by atoms with Gasteiger partial charge in [0.2, 0.25) is 5.76 Å². The van der Waals surface area contributed by atoms with Crippen LogP contribution in [0.15, 0.2) is 64.6 Å². The van der Waals surface area contributed by atoms with Crippen molar-refractivity contribution in [1.29, 1.82) is 5.26 Å². The highest BCUT2D eigenvalue weighted by atomic mass is 16.5. The average Bonchev–Trinajstić information content (AvgIpc) is 3.36. The first kappa shape index (κ1) is 24.9. The molecule has 1 amide bonds. The number of nitrogens with one attached hydrogen (secondary N) is 1. The van der Waals surface area contributed by atoms with Crippen molar-refractivity contribution in [1.82, 2.24) is 0 Å². The van der Waals surface area contributed by atoms with Crippen molar-refractivity contribution in [3.8, 4) is 23.3 Å². The topological polar surface area (TPSA) is 120 Å². The molecule has 0 aliphatic carbocycles. The van der Waals surface area contributed by atoms with E-state index in [0.29, 0.717) is 40.9 Å². The maximum Gasteiger partial charge on any atom is 0.373 e. The summed E-state index contributed by atoms with van der Waals surface area (Å²) < 4.78 is 26.5. The van der Waals surface area contributed by atoms with Crippen molar-refractivity contribution >= 4 is 23.6 Å². The van der Waals surface area contributed by atoms with E-state index in [1.54, 1.807) is 48.5 Å². The van der Waals surface area contributed by atoms with Crippen LogP contribution in [0.2, 0.25) is 0 Å². The predicted octanol–water partition coefficient (Wildman–Crippen LogP) is 4.60. The van der Waals surface area contributed by atoms with Crippen molar-refractivity contribution in [2.75, 3.05) is 26.1 Å². The number of ether oxygens (including phenoxy) is 4. The molecule has 3 rings (SSSR count). The summed E-state index contributed by atoms with van der Waals surface area (Å²) >= 11 is 0. The number of rotatable bonds is 10. The molecular formula is C26H24N2O7. The molecule has 0 radical (unpaired) electrons. The standard InChI is InChI=1S/C26H24N2O7/c1-4-33-20-8-6-19(7-9-20)28-25(29)18(15-27)13-17-5-11-22(24(14-17)31-2)34-16-21-10-12-23(35-21)26(30)32-3/h5-14H,4,16H2,1-3H3,(H,28,29)/b18-13+. The molecule has 0 bridgehead atoms. The van der Waals surface area contributed by atoms with Gasteiger partial charge in [-0.05, 0) is 67.1 Å². The largest absolute Gasteiger partial charge is 0.494 e. The summed E-state index contributed by atoms with van der Waals surface area (Å²) in [5, 5.41) is 12.2. The van der Waals surface area contributed by atoms with Crippen LogP contribution in [0.25, 0.3) is 6.08 Å². The van der Waals surface area contributed by atoms with Gasteiger partial charge in [0, 0.05) is 5.69 Å². The number of carbonyl (C=O) groups is 2. The number of benzene rings is 2. The van der Waals surface area contributed by atoms with Gasteiger partial charge in [-0.25, -0.2) is 4.79 Å². The third-order valence-electron chi connectivity index (χ3n) is 4.71. The fraction of sp³-hybridized carbons (Fsp3) is 0.192. The Morgan fingerprint density at radius 2 is 1.80 bits per heavy atom. The van der Waals surface area contributed by atoms with E-state index in [2.05, 4.69) is 10.1 Å². The first-order valence-corrected chi connectivity index (χ1v) is 10.6. The summed E-state index contributed by atoms with van der Waals surface area (Å²) in [6.07, 6.45) is 1.45. The van der Waals surface area contributed by atoms with Crippen LogP contribution in [-0.2, 0) is 16.1 Å². The molecule has 9 nitrogen and oxygen atoms in total. The molecule has 9 heteroatoms. The maximum atomic E-state index is 12.6. The van der Waals surface area contributed by atoms with Crippen LogP contribution in [0.1, 0.15) is 28.8 Å². The highest BCUT2D eigenvalue weighted by molar-refractivity contribution is 6.09. The fourth-order valence-corrected chi connectivity index (χ4v) is 3.02. The molecule has 2 aromatic carbocycles. The quantitative estimate of drug-likeness (QED) is 0.256. The van der Waals surface area contributed by atoms with Gasteiger partial charge >= 0.3 is 5.97 Å². The predicted molar refractivity (Wildman–Crippen MR) is 127 cm³/mol. The lowest BCUT2D eigenvalue weighted by Crippen LogP contribution is -2.13. The number of esters is 1. The second kappa shape index (κ2) is 12.0. The smallest absolute Gasteiger partial charge is 0.373 e. The van der Waals surface area contributed by atoms with Gasteiger partial charge in [0.25, 0.3) is 5.91 Å². The molecule has 0 unspecified atom stereocenters. The van der Waals surface area contributed by atoms with E-state index < -0.39 is 11.9 Å². The van der Waals surface area contributed by atoms with Crippen molar-refractivity contribution in [3.63, 3.8) is 0 Å². The summed E-state index contributed by atoms with van der Waals surface area (Å²) in [6.45, 7) is 2.48. The molecule has 0 atom stereocenters. The number of hydrogen-bond donors (Lipinski definition) is 1. The minimum absolute atomic E-state index is 0.0521. The maximum absolute atomic E-state index is 12.6. The highest BCUT2D eigenvalue weighted by Crippen LogP contribution is 2.30. The molecular weight excluding hydrogens is 452 g/mol. The second-order valence-electron chi connectivity index (χ2n) is 7.04. The highest BCUT2D eigenvalue weighted by Gasteiger charge is 2.14. The van der Waals surface area contributed by atoms with Gasteiger partial charge in [0.05, 0.1) is 20.8 Å². The van der Waals surface area contributed by atoms with Gasteiger partial charge in [0.15, 0.2) is 11.5 Å². The molecule has 1 N–H and O–H groups in total. The van der Waals surface area contributed by atoms with E-state index in [1.807, 2.05) is 13.0 Å². The summed E-state index contributed by atoms with van der Waals surface area (Å²) in [4.78, 5) is 24.1. The molecule has 0 saturated heterocycles. The normalized spacial score (nSPS) is 10.7. The number of methoxy groups -OCH3 is 2. The van der Waals surface area contributed by atoms with Gasteiger partial charge in [-0.2, -0.15) is 5.26 Å². The Morgan fingerprint density at radius 1 is 1.03 bits per heavy atom. The summed E-state index contributed by atoms with van der Waals surface area (Å²) in [5.41, 5.74) is 1.02. The lowest BCUT2D eigenvalue weighted by Gasteiger charge is -2.11. The van der Waals surface area contributed by atoms with Crippen molar-refractivity contribution in [2.45, 2.75) is 13.5 Å². The Morgan fingerprint density at radius 3 is 2.46 bits per heavy atom. The SMILES string of the molecule is CCOc1ccc(NC(=O)/C(C#N)=C/c2ccc(OCc3ccc(C(=O)OC)o3)c(OC)c2)cc1. The zero-order valence-corrected chi connectivity index (χ0v) is 19.5. The first-order chi connectivity index (χ1) is 17.0. The Hall–Kier alpha value is -4.71. The van der Waals surface area contributed by atoms with Gasteiger partial charge in [0.1, 0.15) is 29.8 Å². The number of nitriles is 1. The zero-order chi connectivity index (χ0) is 25.2. The average molecular weight is 476 g/mol. The number of carbonyl (C=O) groups excluding carboxylic acids is 2. The van der Waals surface area contributed by atoms with Crippen molar-refractivity contribution < 1.29 is 33.0 Å². The van der Waals surface area contributed by atoms with E-state index in [4.69, 9.17) is 18.6 Å². The Balaban J connectivity index is 1.69. The van der Waals surface area contributed by atoms with Crippen LogP contribution in [0.5, 0.6) is 17.2 Å². The minimum Gasteiger partial charge on any atom is -0.494 e. The van der Waals surface area contributed by atoms with E-state index in [9.17, 15) is 14.9 Å². The summed E-state index contributed by atoms with van der Waals surface area (Å²) in [5.74, 6) is 0.868. The molecule has 0 saturated carbocycles. The third kappa shape index (κ3) is 6.65. The Kier molecular flexibility index (Phi) is 8.51. The monoisotopic (exact) mass is 476 g/mol. The van der Waals surface area contributed by atoms with Crippen LogP contribution < -0.4 is 19.5 Å². The lowest BCUT2D eigenvalue weighted by atomic mass is 10.1. The zero-order valence-electron chi connectivity index (χ0n) is 19.5. The first-order valence-electron chi connectivity index (χ1n) is 10.6. The minimum atomic E-state index is -0.579. The van der Waals surface area contributed by atoms with E-state index >= 15 is 0 Å². The molecule has 0 spiro atoms. The van der Waals surface area contributed by atoms with Crippen LogP contribution >= 0.6 is 0 Å². The molecule has 35 heavy (non-hydrogen) atoms. The van der Waals surface area contributed by atoms with Crippen LogP contribution in [0.3, 0.4) is 0 Å². The van der Waals surface area contributed by atoms with Gasteiger partial charge in [-0.15, -0.1) is 0 Å². The number of hydrogen-bond acceptors (Lipinski definition) is 8. The van der Waals surface area contributed by atoms with Crippen LogP contribution in [0, 0.1) is 11.3 Å². The number of anilines is 1. The lowest BCUT2D eigenvalue weighted by molar-refractivity contribution is -0.112. The fourth-order valence-electron chi connectivity index (χ4n) is 3.02. The van der Waals surface area contributed by atoms with Crippen molar-refractivity contribution in [2.24, 2.45) is 0 Å². The molecule has 3 aromatic rings. The van der Waals surface area contributed by atoms with E-state index in [-0.39, 0.29) is 17.9 Å². The molecule has 0 aliphatic heterocycles. The summed E-state index contributed by atoms with van der Waals surface area (Å²) in [6, 6.07) is 16.8. The Bertz CT molecular complexity index is 1250. The number of nitrogens with zero attached hydrogens (tertiary/aromatic N) is 1. The van der Waals surface area contributed by atoms with E-state index in [0.717, 1.165) is 0 Å². The van der Waals surface area contributed by atoms with Gasteiger partial charge in [-0.1, -0.05) is 6.07 Å². The van der Waals surface area contributed by atoms with Gasteiger partial charge < -0.3 is 28.7 Å². The molecule has 0 fully saturated rings.